The van der Waals surface area contributed by atoms with E-state index in [2.05, 4.69) is 0 Å². The molecule has 0 atom stereocenters. The second kappa shape index (κ2) is 7.20. The smallest absolute Gasteiger partial charge is 0.170 e. The Balaban J connectivity index is 2.43. The monoisotopic (exact) mass is 254 g/mol. The second-order valence-corrected chi connectivity index (χ2v) is 4.03. The van der Waals surface area contributed by atoms with E-state index in [9.17, 15) is 9.59 Å². The normalized spacial score (nSPS) is 10.2. The molecule has 0 spiro atoms. The molecule has 0 heterocycles. The van der Waals surface area contributed by atoms with E-state index in [4.69, 9.17) is 16.3 Å². The Bertz CT molecular complexity index is 384. The quantitative estimate of drug-likeness (QED) is 0.427. The van der Waals surface area contributed by atoms with E-state index in [0.29, 0.717) is 23.8 Å². The summed E-state index contributed by atoms with van der Waals surface area (Å²) in [6.07, 6.45) is 0.210. The molecule has 3 nitrogen and oxygen atoms in total. The number of hydrogen-bond donors (Lipinski definition) is 0. The molecule has 0 N–H and O–H groups in total. The largest absolute Gasteiger partial charge is 0.381 e. The molecule has 0 aromatic heterocycles. The first-order valence-electron chi connectivity index (χ1n) is 5.51. The molecule has 0 saturated heterocycles. The van der Waals surface area contributed by atoms with Gasteiger partial charge in [0, 0.05) is 23.6 Å². The van der Waals surface area contributed by atoms with E-state index in [1.54, 1.807) is 24.3 Å². The van der Waals surface area contributed by atoms with E-state index in [0.717, 1.165) is 0 Å². The molecule has 1 rings (SSSR count). The van der Waals surface area contributed by atoms with Gasteiger partial charge in [0.1, 0.15) is 5.78 Å². The van der Waals surface area contributed by atoms with Crippen molar-refractivity contribution < 1.29 is 14.3 Å². The van der Waals surface area contributed by atoms with Crippen molar-refractivity contribution in [3.05, 3.63) is 34.9 Å². The molecule has 1 aromatic rings. The second-order valence-electron chi connectivity index (χ2n) is 3.59. The van der Waals surface area contributed by atoms with Crippen molar-refractivity contribution in [1.29, 1.82) is 0 Å². The molecule has 0 fully saturated rings. The summed E-state index contributed by atoms with van der Waals surface area (Å²) in [6, 6.07) is 6.53. The van der Waals surface area contributed by atoms with Gasteiger partial charge in [0.15, 0.2) is 5.78 Å². The Morgan fingerprint density at radius 1 is 1.24 bits per heavy atom. The highest BCUT2D eigenvalue weighted by molar-refractivity contribution is 6.30. The summed E-state index contributed by atoms with van der Waals surface area (Å²) in [4.78, 5) is 23.1. The van der Waals surface area contributed by atoms with Crippen molar-refractivity contribution in [3.63, 3.8) is 0 Å². The Labute approximate surface area is 106 Å². The van der Waals surface area contributed by atoms with Gasteiger partial charge in [-0.1, -0.05) is 11.6 Å². The first kappa shape index (κ1) is 13.9. The van der Waals surface area contributed by atoms with Crippen LogP contribution < -0.4 is 0 Å². The Hall–Kier alpha value is -1.19. The summed E-state index contributed by atoms with van der Waals surface area (Å²) >= 11 is 5.71. The van der Waals surface area contributed by atoms with Crippen LogP contribution in [0.4, 0.5) is 0 Å². The molecule has 0 bridgehead atoms. The zero-order chi connectivity index (χ0) is 12.7. The van der Waals surface area contributed by atoms with Gasteiger partial charge in [-0.15, -0.1) is 0 Å². The molecule has 4 heteroatoms. The number of carbonyl (C=O) groups is 2. The Kier molecular flexibility index (Phi) is 5.87. The van der Waals surface area contributed by atoms with Crippen LogP contribution in [0.5, 0.6) is 0 Å². The van der Waals surface area contributed by atoms with Crippen LogP contribution >= 0.6 is 11.6 Å². The molecule has 0 aliphatic rings. The fraction of sp³-hybridized carbons (Fsp3) is 0.385. The highest BCUT2D eigenvalue weighted by Gasteiger charge is 2.11. The lowest BCUT2D eigenvalue weighted by molar-refractivity contribution is -0.119. The molecule has 1 aromatic carbocycles. The van der Waals surface area contributed by atoms with Crippen LogP contribution in [0.1, 0.15) is 30.1 Å². The minimum absolute atomic E-state index is 0.0747. The lowest BCUT2D eigenvalue weighted by atomic mass is 10.1. The van der Waals surface area contributed by atoms with Crippen molar-refractivity contribution in [2.24, 2.45) is 0 Å². The summed E-state index contributed by atoms with van der Waals surface area (Å²) in [6.45, 7) is 2.82. The molecular formula is C13H15ClO3. The average Bonchev–Trinajstić information content (AvgIpc) is 2.30. The number of ether oxygens (including phenoxy) is 1. The zero-order valence-electron chi connectivity index (χ0n) is 9.74. The first-order chi connectivity index (χ1) is 8.13. The van der Waals surface area contributed by atoms with E-state index in [-0.39, 0.29) is 24.4 Å². The number of ketones is 2. The van der Waals surface area contributed by atoms with Gasteiger partial charge in [0.25, 0.3) is 0 Å². The van der Waals surface area contributed by atoms with Gasteiger partial charge in [0.2, 0.25) is 0 Å². The number of carbonyl (C=O) groups excluding carboxylic acids is 2. The van der Waals surface area contributed by atoms with Crippen molar-refractivity contribution >= 4 is 23.2 Å². The summed E-state index contributed by atoms with van der Waals surface area (Å²) in [5.74, 6) is -0.276. The molecule has 92 valence electrons. The predicted molar refractivity (Wildman–Crippen MR) is 66.5 cm³/mol. The maximum atomic E-state index is 11.7. The molecule has 0 saturated carbocycles. The van der Waals surface area contributed by atoms with E-state index in [1.807, 2.05) is 6.92 Å². The highest BCUT2D eigenvalue weighted by atomic mass is 35.5. The molecule has 0 aliphatic heterocycles. The predicted octanol–water partition coefficient (Wildman–Crippen LogP) is 2.91. The number of halogens is 1. The van der Waals surface area contributed by atoms with Gasteiger partial charge < -0.3 is 4.74 Å². The van der Waals surface area contributed by atoms with Crippen molar-refractivity contribution in [1.82, 2.24) is 0 Å². The van der Waals surface area contributed by atoms with Crippen LogP contribution in [0.25, 0.3) is 0 Å². The maximum Gasteiger partial charge on any atom is 0.170 e. The van der Waals surface area contributed by atoms with Gasteiger partial charge in [-0.2, -0.15) is 0 Å². The fourth-order valence-electron chi connectivity index (χ4n) is 1.34. The Morgan fingerprint density at radius 2 is 1.88 bits per heavy atom. The van der Waals surface area contributed by atoms with Crippen LogP contribution in [0.15, 0.2) is 24.3 Å². The van der Waals surface area contributed by atoms with Crippen molar-refractivity contribution in [3.8, 4) is 0 Å². The lowest BCUT2D eigenvalue weighted by Crippen LogP contribution is -2.10. The maximum absolute atomic E-state index is 11.7. The topological polar surface area (TPSA) is 43.4 Å². The molecule has 0 amide bonds. The highest BCUT2D eigenvalue weighted by Crippen LogP contribution is 2.11. The molecule has 17 heavy (non-hydrogen) atoms. The standard InChI is InChI=1S/C13H15ClO3/c1-2-17-8-7-12(15)9-13(16)10-3-5-11(14)6-4-10/h3-6H,2,7-9H2,1H3. The van der Waals surface area contributed by atoms with Gasteiger partial charge in [0.05, 0.1) is 13.0 Å². The Morgan fingerprint density at radius 3 is 2.47 bits per heavy atom. The molecule has 0 aliphatic carbocycles. The van der Waals surface area contributed by atoms with Crippen LogP contribution in [0.3, 0.4) is 0 Å². The molecule has 0 radical (unpaired) electrons. The third-order valence-electron chi connectivity index (χ3n) is 2.25. The summed E-state index contributed by atoms with van der Waals surface area (Å²) < 4.78 is 5.06. The number of benzene rings is 1. The minimum Gasteiger partial charge on any atom is -0.381 e. The minimum atomic E-state index is -0.178. The van der Waals surface area contributed by atoms with E-state index < -0.39 is 0 Å². The van der Waals surface area contributed by atoms with E-state index >= 15 is 0 Å². The van der Waals surface area contributed by atoms with Crippen molar-refractivity contribution in [2.45, 2.75) is 19.8 Å². The van der Waals surface area contributed by atoms with Crippen LogP contribution in [0, 0.1) is 0 Å². The van der Waals surface area contributed by atoms with Gasteiger partial charge >= 0.3 is 0 Å². The van der Waals surface area contributed by atoms with Crippen LogP contribution in [0.2, 0.25) is 5.02 Å². The number of hydrogen-bond acceptors (Lipinski definition) is 3. The molecule has 0 unspecified atom stereocenters. The van der Waals surface area contributed by atoms with Gasteiger partial charge in [-0.05, 0) is 31.2 Å². The van der Waals surface area contributed by atoms with E-state index in [1.165, 1.54) is 0 Å². The van der Waals surface area contributed by atoms with Crippen LogP contribution in [-0.2, 0) is 9.53 Å². The summed E-state index contributed by atoms with van der Waals surface area (Å²) in [7, 11) is 0. The number of rotatable bonds is 7. The van der Waals surface area contributed by atoms with Crippen molar-refractivity contribution in [2.75, 3.05) is 13.2 Å². The zero-order valence-corrected chi connectivity index (χ0v) is 10.5. The molecular weight excluding hydrogens is 240 g/mol. The van der Waals surface area contributed by atoms with Crippen LogP contribution in [-0.4, -0.2) is 24.8 Å². The fourth-order valence-corrected chi connectivity index (χ4v) is 1.46. The first-order valence-corrected chi connectivity index (χ1v) is 5.89. The summed E-state index contributed by atoms with van der Waals surface area (Å²) in [5, 5.41) is 0.573. The van der Waals surface area contributed by atoms with Gasteiger partial charge in [-0.25, -0.2) is 0 Å². The lowest BCUT2D eigenvalue weighted by Gasteiger charge is -2.02. The summed E-state index contributed by atoms with van der Waals surface area (Å²) in [5.41, 5.74) is 0.513. The third-order valence-corrected chi connectivity index (χ3v) is 2.51. The number of Topliss-reactive ketones (excluding diaryl/α,β-unsaturated/α-hetero) is 2. The average molecular weight is 255 g/mol. The SMILES string of the molecule is CCOCCC(=O)CC(=O)c1ccc(Cl)cc1. The van der Waals surface area contributed by atoms with Gasteiger partial charge in [-0.3, -0.25) is 9.59 Å². The third kappa shape index (κ3) is 5.11.